The minimum Gasteiger partial charge on any atom is -0.387 e. The van der Waals surface area contributed by atoms with Gasteiger partial charge in [0, 0.05) is 6.54 Å². The molecule has 6 heteroatoms. The molecular formula is C10H10Cl2N2O2. The molecule has 1 aromatic carbocycles. The van der Waals surface area contributed by atoms with E-state index in [1.54, 1.807) is 12.1 Å². The Bertz CT molecular complexity index is 437. The van der Waals surface area contributed by atoms with Crippen molar-refractivity contribution >= 4 is 35.0 Å². The highest BCUT2D eigenvalue weighted by Crippen LogP contribution is 2.34. The van der Waals surface area contributed by atoms with E-state index in [-0.39, 0.29) is 12.5 Å². The molecule has 16 heavy (non-hydrogen) atoms. The maximum atomic E-state index is 11.2. The molecule has 0 unspecified atom stereocenters. The van der Waals surface area contributed by atoms with Gasteiger partial charge in [-0.05, 0) is 29.0 Å². The number of amides is 1. The number of hydrogen-bond acceptors (Lipinski definition) is 3. The molecule has 1 aromatic rings. The fourth-order valence-electron chi connectivity index (χ4n) is 1.71. The van der Waals surface area contributed by atoms with Crippen LogP contribution in [0.4, 0.5) is 5.69 Å². The number of hydrogen-bond donors (Lipinski definition) is 3. The van der Waals surface area contributed by atoms with Gasteiger partial charge in [-0.25, -0.2) is 4.84 Å². The summed E-state index contributed by atoms with van der Waals surface area (Å²) in [7, 11) is 0. The van der Waals surface area contributed by atoms with Gasteiger partial charge in [0.15, 0.2) is 0 Å². The Hall–Kier alpha value is -0.810. The summed E-state index contributed by atoms with van der Waals surface area (Å²) in [5.41, 5.74) is 2.09. The van der Waals surface area contributed by atoms with Crippen molar-refractivity contribution in [2.24, 2.45) is 0 Å². The van der Waals surface area contributed by atoms with Gasteiger partial charge in [-0.1, -0.05) is 17.7 Å². The average molecular weight is 261 g/mol. The van der Waals surface area contributed by atoms with Crippen molar-refractivity contribution in [1.29, 1.82) is 0 Å². The van der Waals surface area contributed by atoms with Crippen molar-refractivity contribution in [3.63, 3.8) is 0 Å². The van der Waals surface area contributed by atoms with Crippen molar-refractivity contribution in [2.75, 3.05) is 11.9 Å². The van der Waals surface area contributed by atoms with Gasteiger partial charge in [-0.15, -0.1) is 0 Å². The monoisotopic (exact) mass is 260 g/mol. The molecule has 3 N–H and O–H groups in total. The molecule has 1 atom stereocenters. The lowest BCUT2D eigenvalue weighted by Crippen LogP contribution is -2.12. The third-order valence-corrected chi connectivity index (χ3v) is 2.92. The Morgan fingerprint density at radius 1 is 1.56 bits per heavy atom. The number of carbonyl (C=O) groups excluding carboxylic acids is 1. The molecule has 0 fully saturated rings. The van der Waals surface area contributed by atoms with E-state index in [9.17, 15) is 9.90 Å². The molecule has 0 saturated carbocycles. The molecule has 0 spiro atoms. The van der Waals surface area contributed by atoms with Crippen LogP contribution in [-0.4, -0.2) is 17.6 Å². The van der Waals surface area contributed by atoms with Crippen LogP contribution in [-0.2, 0) is 11.2 Å². The molecular weight excluding hydrogens is 251 g/mol. The number of halogens is 2. The van der Waals surface area contributed by atoms with Crippen molar-refractivity contribution in [3.8, 4) is 0 Å². The van der Waals surface area contributed by atoms with E-state index in [4.69, 9.17) is 23.4 Å². The van der Waals surface area contributed by atoms with Crippen LogP contribution in [0, 0.1) is 0 Å². The molecule has 1 amide bonds. The van der Waals surface area contributed by atoms with E-state index in [0.717, 1.165) is 5.56 Å². The van der Waals surface area contributed by atoms with Gasteiger partial charge < -0.3 is 10.4 Å². The molecule has 4 nitrogen and oxygen atoms in total. The van der Waals surface area contributed by atoms with Crippen molar-refractivity contribution in [1.82, 2.24) is 4.84 Å². The lowest BCUT2D eigenvalue weighted by Gasteiger charge is -2.12. The predicted molar refractivity (Wildman–Crippen MR) is 62.6 cm³/mol. The second-order valence-corrected chi connectivity index (χ2v) is 4.29. The summed E-state index contributed by atoms with van der Waals surface area (Å²) in [5, 5.41) is 12.8. The van der Waals surface area contributed by atoms with E-state index < -0.39 is 6.10 Å². The summed E-state index contributed by atoms with van der Waals surface area (Å²) in [6.07, 6.45) is -0.444. The first-order valence-electron chi connectivity index (χ1n) is 4.75. The first kappa shape index (κ1) is 11.7. The van der Waals surface area contributed by atoms with Crippen LogP contribution >= 0.6 is 23.4 Å². The van der Waals surface area contributed by atoms with Gasteiger partial charge in [0.05, 0.1) is 23.2 Å². The van der Waals surface area contributed by atoms with Crippen LogP contribution in [0.25, 0.3) is 0 Å². The number of nitrogens with one attached hydrogen (secondary N) is 2. The summed E-state index contributed by atoms with van der Waals surface area (Å²) in [4.78, 5) is 13.6. The first-order chi connectivity index (χ1) is 7.61. The Labute approximate surface area is 103 Å². The normalized spacial score (nSPS) is 15.8. The summed E-state index contributed by atoms with van der Waals surface area (Å²) in [6.45, 7) is 0.220. The standard InChI is InChI=1S/C10H10Cl2N2O2/c11-7-2-5(8(15)4-13-12)1-6-3-9(16)14-10(6)7/h1-2,8,13,15H,3-4H2,(H,14,16)/t8-/m1/s1. The van der Waals surface area contributed by atoms with Crippen molar-refractivity contribution in [3.05, 3.63) is 28.3 Å². The van der Waals surface area contributed by atoms with E-state index in [1.165, 1.54) is 0 Å². The first-order valence-corrected chi connectivity index (χ1v) is 5.51. The molecule has 2 rings (SSSR count). The second-order valence-electron chi connectivity index (χ2n) is 3.62. The largest absolute Gasteiger partial charge is 0.387 e. The Morgan fingerprint density at radius 3 is 3.00 bits per heavy atom. The van der Waals surface area contributed by atoms with E-state index >= 15 is 0 Å². The fraction of sp³-hybridized carbons (Fsp3) is 0.300. The van der Waals surface area contributed by atoms with Crippen LogP contribution in [0.5, 0.6) is 0 Å². The molecule has 1 heterocycles. The maximum absolute atomic E-state index is 11.2. The number of benzene rings is 1. The molecule has 0 aliphatic carbocycles. The highest BCUT2D eigenvalue weighted by atomic mass is 35.5. The predicted octanol–water partition coefficient (Wildman–Crippen LogP) is 1.61. The van der Waals surface area contributed by atoms with E-state index in [1.807, 2.05) is 0 Å². The van der Waals surface area contributed by atoms with Gasteiger partial charge >= 0.3 is 0 Å². The second kappa shape index (κ2) is 4.59. The summed E-state index contributed by atoms with van der Waals surface area (Å²) in [5.74, 6) is -0.0843. The summed E-state index contributed by atoms with van der Waals surface area (Å²) >= 11 is 11.3. The van der Waals surface area contributed by atoms with E-state index in [2.05, 4.69) is 10.2 Å². The Kier molecular flexibility index (Phi) is 3.35. The minimum absolute atomic E-state index is 0.0843. The van der Waals surface area contributed by atoms with Gasteiger partial charge in [0.25, 0.3) is 0 Å². The van der Waals surface area contributed by atoms with Crippen LogP contribution in [0.3, 0.4) is 0 Å². The molecule has 0 saturated heterocycles. The topological polar surface area (TPSA) is 61.4 Å². The zero-order valence-corrected chi connectivity index (χ0v) is 9.77. The quantitative estimate of drug-likeness (QED) is 0.724. The van der Waals surface area contributed by atoms with Gasteiger partial charge in [0.1, 0.15) is 0 Å². The van der Waals surface area contributed by atoms with E-state index in [0.29, 0.717) is 22.7 Å². The average Bonchev–Trinajstić information content (AvgIpc) is 2.59. The smallest absolute Gasteiger partial charge is 0.228 e. The molecule has 0 bridgehead atoms. The van der Waals surface area contributed by atoms with Crippen LogP contribution in [0.2, 0.25) is 5.02 Å². The number of rotatable bonds is 3. The van der Waals surface area contributed by atoms with Gasteiger partial charge in [-0.3, -0.25) is 4.79 Å². The number of aliphatic hydroxyl groups is 1. The number of aliphatic hydroxyl groups excluding tert-OH is 1. The third-order valence-electron chi connectivity index (χ3n) is 2.46. The van der Waals surface area contributed by atoms with Crippen LogP contribution < -0.4 is 10.2 Å². The highest BCUT2D eigenvalue weighted by Gasteiger charge is 2.22. The number of carbonyl (C=O) groups is 1. The molecule has 86 valence electrons. The zero-order chi connectivity index (χ0) is 11.7. The number of anilines is 1. The highest BCUT2D eigenvalue weighted by molar-refractivity contribution is 6.34. The SMILES string of the molecule is O=C1Cc2cc([C@H](O)CNCl)cc(Cl)c2N1. The zero-order valence-electron chi connectivity index (χ0n) is 8.26. The Morgan fingerprint density at radius 2 is 2.31 bits per heavy atom. The summed E-state index contributed by atoms with van der Waals surface area (Å²) < 4.78 is 0. The molecule has 0 aromatic heterocycles. The van der Waals surface area contributed by atoms with Crippen LogP contribution in [0.1, 0.15) is 17.2 Å². The third kappa shape index (κ3) is 2.15. The van der Waals surface area contributed by atoms with Gasteiger partial charge in [0.2, 0.25) is 5.91 Å². The number of fused-ring (bicyclic) bond motifs is 1. The lowest BCUT2D eigenvalue weighted by molar-refractivity contribution is -0.115. The Balaban J connectivity index is 2.34. The van der Waals surface area contributed by atoms with Crippen molar-refractivity contribution < 1.29 is 9.90 Å². The van der Waals surface area contributed by atoms with Gasteiger partial charge in [-0.2, -0.15) is 0 Å². The minimum atomic E-state index is -0.740. The lowest BCUT2D eigenvalue weighted by atomic mass is 10.0. The van der Waals surface area contributed by atoms with Crippen molar-refractivity contribution in [2.45, 2.75) is 12.5 Å². The molecule has 1 aliphatic heterocycles. The molecule has 0 radical (unpaired) electrons. The summed E-state index contributed by atoms with van der Waals surface area (Å²) in [6, 6.07) is 3.39. The maximum Gasteiger partial charge on any atom is 0.228 e. The molecule has 1 aliphatic rings. The fourth-order valence-corrected chi connectivity index (χ4v) is 2.15. The van der Waals surface area contributed by atoms with Crippen LogP contribution in [0.15, 0.2) is 12.1 Å².